The standard InChI is InChI=1S/C17H17NO4/c1-18(17(19)20-11-13-5-3-2-4-6-13)10-14-7-8-15-16(9-14)22-12-21-15/h2-9H,10-12H2,1H3. The Morgan fingerprint density at radius 2 is 1.86 bits per heavy atom. The van der Waals surface area contributed by atoms with E-state index in [2.05, 4.69) is 0 Å². The second kappa shape index (κ2) is 6.39. The van der Waals surface area contributed by atoms with Gasteiger partial charge in [0.05, 0.1) is 0 Å². The van der Waals surface area contributed by atoms with Crippen molar-refractivity contribution in [3.63, 3.8) is 0 Å². The van der Waals surface area contributed by atoms with E-state index < -0.39 is 0 Å². The minimum atomic E-state index is -0.360. The molecule has 0 atom stereocenters. The molecule has 0 aliphatic carbocycles. The number of ether oxygens (including phenoxy) is 3. The van der Waals surface area contributed by atoms with Crippen molar-refractivity contribution >= 4 is 6.09 Å². The fourth-order valence-corrected chi connectivity index (χ4v) is 2.21. The lowest BCUT2D eigenvalue weighted by Crippen LogP contribution is -2.26. The topological polar surface area (TPSA) is 48.0 Å². The number of amides is 1. The molecule has 0 unspecified atom stereocenters. The van der Waals surface area contributed by atoms with E-state index in [0.29, 0.717) is 12.3 Å². The van der Waals surface area contributed by atoms with Gasteiger partial charge in [-0.05, 0) is 23.3 Å². The van der Waals surface area contributed by atoms with Gasteiger partial charge in [0.2, 0.25) is 6.79 Å². The number of fused-ring (bicyclic) bond motifs is 1. The zero-order chi connectivity index (χ0) is 15.4. The van der Waals surface area contributed by atoms with E-state index >= 15 is 0 Å². The van der Waals surface area contributed by atoms with Crippen molar-refractivity contribution in [2.24, 2.45) is 0 Å². The molecule has 2 aromatic carbocycles. The molecular formula is C17H17NO4. The van der Waals surface area contributed by atoms with Gasteiger partial charge in [0, 0.05) is 13.6 Å². The number of rotatable bonds is 4. The summed E-state index contributed by atoms with van der Waals surface area (Å²) in [6, 6.07) is 15.2. The van der Waals surface area contributed by atoms with Crippen LogP contribution in [0.4, 0.5) is 4.79 Å². The average Bonchev–Trinajstić information content (AvgIpc) is 3.01. The summed E-state index contributed by atoms with van der Waals surface area (Å²) in [5, 5.41) is 0. The molecule has 1 heterocycles. The first kappa shape index (κ1) is 14.3. The molecule has 0 bridgehead atoms. The largest absolute Gasteiger partial charge is 0.454 e. The van der Waals surface area contributed by atoms with Gasteiger partial charge in [0.1, 0.15) is 6.61 Å². The van der Waals surface area contributed by atoms with Crippen LogP contribution in [-0.2, 0) is 17.9 Å². The molecule has 0 radical (unpaired) electrons. The summed E-state index contributed by atoms with van der Waals surface area (Å²) in [6.07, 6.45) is -0.360. The molecule has 0 fully saturated rings. The van der Waals surface area contributed by atoms with Crippen LogP contribution in [0.15, 0.2) is 48.5 Å². The SMILES string of the molecule is CN(Cc1ccc2c(c1)OCO2)C(=O)OCc1ccccc1. The average molecular weight is 299 g/mol. The highest BCUT2D eigenvalue weighted by Gasteiger charge is 2.16. The molecule has 0 saturated heterocycles. The molecule has 114 valence electrons. The molecule has 1 amide bonds. The maximum absolute atomic E-state index is 12.0. The molecule has 3 rings (SSSR count). The van der Waals surface area contributed by atoms with E-state index in [1.807, 2.05) is 48.5 Å². The Morgan fingerprint density at radius 3 is 2.68 bits per heavy atom. The maximum Gasteiger partial charge on any atom is 0.410 e. The third-order valence-electron chi connectivity index (χ3n) is 3.37. The summed E-state index contributed by atoms with van der Waals surface area (Å²) in [5.41, 5.74) is 1.93. The Balaban J connectivity index is 1.55. The second-order valence-electron chi connectivity index (χ2n) is 5.08. The Labute approximate surface area is 129 Å². The van der Waals surface area contributed by atoms with Crippen LogP contribution in [0.1, 0.15) is 11.1 Å². The third kappa shape index (κ3) is 3.31. The lowest BCUT2D eigenvalue weighted by molar-refractivity contribution is 0.103. The van der Waals surface area contributed by atoms with Gasteiger partial charge in [-0.2, -0.15) is 0 Å². The van der Waals surface area contributed by atoms with Crippen LogP contribution in [0.25, 0.3) is 0 Å². The molecule has 2 aromatic rings. The Hall–Kier alpha value is -2.69. The fraction of sp³-hybridized carbons (Fsp3) is 0.235. The van der Waals surface area contributed by atoms with Crippen molar-refractivity contribution in [1.29, 1.82) is 0 Å². The van der Waals surface area contributed by atoms with Gasteiger partial charge in [-0.15, -0.1) is 0 Å². The van der Waals surface area contributed by atoms with Gasteiger partial charge in [0.25, 0.3) is 0 Å². The Morgan fingerprint density at radius 1 is 1.09 bits per heavy atom. The number of benzene rings is 2. The zero-order valence-corrected chi connectivity index (χ0v) is 12.3. The van der Waals surface area contributed by atoms with Crippen LogP contribution in [0.3, 0.4) is 0 Å². The Bertz CT molecular complexity index is 657. The van der Waals surface area contributed by atoms with Gasteiger partial charge < -0.3 is 19.1 Å². The molecule has 0 saturated carbocycles. The van der Waals surface area contributed by atoms with E-state index in [1.54, 1.807) is 7.05 Å². The first-order valence-corrected chi connectivity index (χ1v) is 7.03. The minimum Gasteiger partial charge on any atom is -0.454 e. The normalized spacial score (nSPS) is 12.0. The monoisotopic (exact) mass is 299 g/mol. The van der Waals surface area contributed by atoms with Gasteiger partial charge in [-0.1, -0.05) is 36.4 Å². The van der Waals surface area contributed by atoms with Crippen LogP contribution in [0.2, 0.25) is 0 Å². The molecule has 5 heteroatoms. The molecule has 1 aliphatic heterocycles. The highest BCUT2D eigenvalue weighted by atomic mass is 16.7. The van der Waals surface area contributed by atoms with Crippen molar-refractivity contribution in [1.82, 2.24) is 4.90 Å². The molecule has 5 nitrogen and oxygen atoms in total. The number of carbonyl (C=O) groups excluding carboxylic acids is 1. The number of carbonyl (C=O) groups is 1. The second-order valence-corrected chi connectivity index (χ2v) is 5.08. The van der Waals surface area contributed by atoms with Crippen molar-refractivity contribution in [3.8, 4) is 11.5 Å². The lowest BCUT2D eigenvalue weighted by atomic mass is 10.2. The summed E-state index contributed by atoms with van der Waals surface area (Å²) in [4.78, 5) is 13.5. The minimum absolute atomic E-state index is 0.244. The Kier molecular flexibility index (Phi) is 4.14. The van der Waals surface area contributed by atoms with E-state index in [9.17, 15) is 4.79 Å². The van der Waals surface area contributed by atoms with E-state index in [1.165, 1.54) is 4.90 Å². The molecule has 0 N–H and O–H groups in total. The predicted molar refractivity (Wildman–Crippen MR) is 80.7 cm³/mol. The highest BCUT2D eigenvalue weighted by molar-refractivity contribution is 5.67. The lowest BCUT2D eigenvalue weighted by Gasteiger charge is -2.17. The summed E-state index contributed by atoms with van der Waals surface area (Å²) >= 11 is 0. The molecule has 0 aromatic heterocycles. The summed E-state index contributed by atoms with van der Waals surface area (Å²) in [6.45, 7) is 0.961. The number of nitrogens with zero attached hydrogens (tertiary/aromatic N) is 1. The van der Waals surface area contributed by atoms with Gasteiger partial charge in [-0.25, -0.2) is 4.79 Å². The van der Waals surface area contributed by atoms with E-state index in [0.717, 1.165) is 16.9 Å². The third-order valence-corrected chi connectivity index (χ3v) is 3.37. The summed E-state index contributed by atoms with van der Waals surface area (Å²) < 4.78 is 15.9. The molecule has 22 heavy (non-hydrogen) atoms. The first-order chi connectivity index (χ1) is 10.7. The van der Waals surface area contributed by atoms with Gasteiger partial charge in [0.15, 0.2) is 11.5 Å². The number of hydrogen-bond donors (Lipinski definition) is 0. The first-order valence-electron chi connectivity index (χ1n) is 7.03. The van der Waals surface area contributed by atoms with E-state index in [4.69, 9.17) is 14.2 Å². The van der Waals surface area contributed by atoms with Gasteiger partial charge >= 0.3 is 6.09 Å². The molecule has 0 spiro atoms. The summed E-state index contributed by atoms with van der Waals surface area (Å²) in [7, 11) is 1.71. The van der Waals surface area contributed by atoms with E-state index in [-0.39, 0.29) is 19.5 Å². The zero-order valence-electron chi connectivity index (χ0n) is 12.3. The summed E-state index contributed by atoms with van der Waals surface area (Å²) in [5.74, 6) is 1.45. The van der Waals surface area contributed by atoms with Crippen LogP contribution in [-0.4, -0.2) is 24.8 Å². The van der Waals surface area contributed by atoms with Crippen LogP contribution in [0.5, 0.6) is 11.5 Å². The maximum atomic E-state index is 12.0. The van der Waals surface area contributed by atoms with Gasteiger partial charge in [-0.3, -0.25) is 0 Å². The van der Waals surface area contributed by atoms with Crippen LogP contribution in [0, 0.1) is 0 Å². The van der Waals surface area contributed by atoms with Crippen LogP contribution < -0.4 is 9.47 Å². The molecule has 1 aliphatic rings. The van der Waals surface area contributed by atoms with Crippen molar-refractivity contribution in [3.05, 3.63) is 59.7 Å². The highest BCUT2D eigenvalue weighted by Crippen LogP contribution is 2.32. The van der Waals surface area contributed by atoms with Crippen molar-refractivity contribution < 1.29 is 19.0 Å². The molecular weight excluding hydrogens is 282 g/mol. The number of hydrogen-bond acceptors (Lipinski definition) is 4. The van der Waals surface area contributed by atoms with Crippen molar-refractivity contribution in [2.75, 3.05) is 13.8 Å². The smallest absolute Gasteiger partial charge is 0.410 e. The van der Waals surface area contributed by atoms with Crippen molar-refractivity contribution in [2.45, 2.75) is 13.2 Å². The van der Waals surface area contributed by atoms with Crippen LogP contribution >= 0.6 is 0 Å². The fourth-order valence-electron chi connectivity index (χ4n) is 2.21. The predicted octanol–water partition coefficient (Wildman–Crippen LogP) is 3.18. The quantitative estimate of drug-likeness (QED) is 0.870.